The van der Waals surface area contributed by atoms with E-state index in [9.17, 15) is 31.1 Å². The quantitative estimate of drug-likeness (QED) is 0.295. The Morgan fingerprint density at radius 3 is 1.81 bits per heavy atom. The molecule has 3 aromatic rings. The minimum Gasteiger partial charge on any atom is -0.351 e. The zero-order valence-corrected chi connectivity index (χ0v) is 23.1. The molecule has 1 N–H and O–H groups in total. The Kier molecular flexibility index (Phi) is 8.69. The molecule has 42 heavy (non-hydrogen) atoms. The van der Waals surface area contributed by atoms with Crippen LogP contribution in [0.5, 0.6) is 0 Å². The Bertz CT molecular complexity index is 1310. The van der Waals surface area contributed by atoms with E-state index in [1.807, 2.05) is 36.4 Å². The van der Waals surface area contributed by atoms with E-state index in [1.54, 1.807) is 0 Å². The molecule has 0 spiro atoms. The number of hydrogen-bond donors (Lipinski definition) is 1. The minimum atomic E-state index is -4.95. The molecule has 3 aromatic carbocycles. The fourth-order valence-electron chi connectivity index (χ4n) is 6.66. The lowest BCUT2D eigenvalue weighted by Gasteiger charge is -2.45. The summed E-state index contributed by atoms with van der Waals surface area (Å²) in [5, 5.41) is 2.70. The van der Waals surface area contributed by atoms with Gasteiger partial charge in [-0.1, -0.05) is 60.7 Å². The molecular weight excluding hydrogens is 554 g/mol. The predicted molar refractivity (Wildman–Crippen MR) is 149 cm³/mol. The topological polar surface area (TPSA) is 32.3 Å². The Balaban J connectivity index is 1.28. The monoisotopic (exact) mass is 588 g/mol. The van der Waals surface area contributed by atoms with Crippen molar-refractivity contribution >= 4 is 5.91 Å². The molecule has 1 saturated carbocycles. The van der Waals surface area contributed by atoms with Crippen LogP contribution in [0.25, 0.3) is 0 Å². The van der Waals surface area contributed by atoms with E-state index in [2.05, 4.69) is 34.5 Å². The summed E-state index contributed by atoms with van der Waals surface area (Å²) in [7, 11) is 0. The van der Waals surface area contributed by atoms with Crippen LogP contribution in [0.4, 0.5) is 26.3 Å². The second kappa shape index (κ2) is 12.1. The minimum absolute atomic E-state index is 0.0979. The number of hydrogen-bond acceptors (Lipinski definition) is 2. The van der Waals surface area contributed by atoms with Gasteiger partial charge in [-0.05, 0) is 92.4 Å². The molecule has 0 atom stereocenters. The molecule has 1 aliphatic heterocycles. The van der Waals surface area contributed by atoms with Crippen LogP contribution in [0.15, 0.2) is 78.9 Å². The number of rotatable bonds is 6. The number of piperidine rings is 1. The van der Waals surface area contributed by atoms with E-state index in [0.29, 0.717) is 36.9 Å². The number of benzene rings is 3. The highest BCUT2D eigenvalue weighted by molar-refractivity contribution is 5.88. The van der Waals surface area contributed by atoms with Crippen molar-refractivity contribution in [1.29, 1.82) is 0 Å². The van der Waals surface area contributed by atoms with Crippen LogP contribution >= 0.6 is 0 Å². The first-order chi connectivity index (χ1) is 20.0. The molecule has 224 valence electrons. The maximum absolute atomic E-state index is 13.8. The number of nitrogens with one attached hydrogen (secondary N) is 1. The van der Waals surface area contributed by atoms with Crippen molar-refractivity contribution in [1.82, 2.24) is 10.2 Å². The Labute approximate surface area is 241 Å². The lowest BCUT2D eigenvalue weighted by Crippen LogP contribution is -2.51. The smallest absolute Gasteiger partial charge is 0.351 e. The number of carbonyl (C=O) groups excluding carboxylic acids is 1. The van der Waals surface area contributed by atoms with Crippen LogP contribution in [-0.4, -0.2) is 29.9 Å². The molecule has 3 nitrogen and oxygen atoms in total. The summed E-state index contributed by atoms with van der Waals surface area (Å²) in [5.74, 6) is 0.162. The van der Waals surface area contributed by atoms with Gasteiger partial charge in [0.05, 0.1) is 16.5 Å². The van der Waals surface area contributed by atoms with Crippen LogP contribution in [0.2, 0.25) is 0 Å². The van der Waals surface area contributed by atoms with Gasteiger partial charge in [0, 0.05) is 12.6 Å². The first kappa shape index (κ1) is 30.1. The van der Waals surface area contributed by atoms with E-state index in [1.165, 1.54) is 5.56 Å². The molecule has 0 radical (unpaired) electrons. The van der Waals surface area contributed by atoms with Gasteiger partial charge >= 0.3 is 12.4 Å². The largest absolute Gasteiger partial charge is 0.416 e. The Morgan fingerprint density at radius 2 is 1.29 bits per heavy atom. The van der Waals surface area contributed by atoms with E-state index in [4.69, 9.17) is 0 Å². The van der Waals surface area contributed by atoms with Crippen molar-refractivity contribution in [2.24, 2.45) is 0 Å². The number of alkyl halides is 6. The van der Waals surface area contributed by atoms with Crippen molar-refractivity contribution in [3.8, 4) is 0 Å². The second-order valence-corrected chi connectivity index (χ2v) is 11.5. The molecule has 0 unspecified atom stereocenters. The van der Waals surface area contributed by atoms with Gasteiger partial charge in [-0.25, -0.2) is 0 Å². The number of halogens is 6. The summed E-state index contributed by atoms with van der Waals surface area (Å²) >= 11 is 0. The van der Waals surface area contributed by atoms with E-state index in [0.717, 1.165) is 44.3 Å². The third-order valence-electron chi connectivity index (χ3n) is 8.99. The summed E-state index contributed by atoms with van der Waals surface area (Å²) in [6.07, 6.45) is -5.10. The Hall–Kier alpha value is -3.33. The molecule has 1 amide bonds. The summed E-state index contributed by atoms with van der Waals surface area (Å²) in [6.45, 7) is 1.52. The normalized spacial score (nSPS) is 22.6. The number of amides is 1. The maximum atomic E-state index is 13.8. The highest BCUT2D eigenvalue weighted by Crippen LogP contribution is 2.43. The second-order valence-electron chi connectivity index (χ2n) is 11.5. The van der Waals surface area contributed by atoms with Crippen molar-refractivity contribution in [2.75, 3.05) is 13.1 Å². The third-order valence-corrected chi connectivity index (χ3v) is 8.99. The molecule has 0 bridgehead atoms. The van der Waals surface area contributed by atoms with Crippen molar-refractivity contribution in [2.45, 2.75) is 74.8 Å². The standard InChI is InChI=1S/C33H34F6N2O/c34-32(35,36)27-19-23(20-28(21-27)33(37,38)39)22-40-30(42)31(26-9-5-2-6-10-26)15-11-29(12-16-31)41-17-13-25(14-18-41)24-7-3-1-4-8-24/h1-10,19-21,25,29H,11-18,22H2,(H,40,42)/t29-,31+. The van der Waals surface area contributed by atoms with Crippen molar-refractivity contribution < 1.29 is 31.1 Å². The first-order valence-corrected chi connectivity index (χ1v) is 14.4. The van der Waals surface area contributed by atoms with Crippen molar-refractivity contribution in [3.05, 3.63) is 107 Å². The maximum Gasteiger partial charge on any atom is 0.416 e. The average molecular weight is 589 g/mol. The van der Waals surface area contributed by atoms with Gasteiger partial charge in [0.1, 0.15) is 0 Å². The van der Waals surface area contributed by atoms with Gasteiger partial charge in [-0.2, -0.15) is 26.3 Å². The summed E-state index contributed by atoms with van der Waals surface area (Å²) < 4.78 is 80.1. The third kappa shape index (κ3) is 6.66. The van der Waals surface area contributed by atoms with E-state index < -0.39 is 35.4 Å². The van der Waals surface area contributed by atoms with Gasteiger partial charge in [-0.15, -0.1) is 0 Å². The first-order valence-electron chi connectivity index (χ1n) is 14.4. The van der Waals surface area contributed by atoms with Crippen LogP contribution < -0.4 is 5.32 Å². The van der Waals surface area contributed by atoms with Gasteiger partial charge in [0.2, 0.25) is 5.91 Å². The molecule has 2 aliphatic rings. The summed E-state index contributed by atoms with van der Waals surface area (Å²) in [4.78, 5) is 16.3. The molecule has 5 rings (SSSR count). The molecule has 2 fully saturated rings. The molecular formula is C33H34F6N2O. The zero-order valence-electron chi connectivity index (χ0n) is 23.1. The van der Waals surface area contributed by atoms with Gasteiger partial charge in [-0.3, -0.25) is 4.79 Å². The SMILES string of the molecule is O=C(NCc1cc(C(F)(F)F)cc(C(F)(F)F)c1)[C@]1(c2ccccc2)CC[C@H](N2CCC(c3ccccc3)CC2)CC1. The number of carbonyl (C=O) groups is 1. The molecule has 0 aromatic heterocycles. The van der Waals surface area contributed by atoms with Gasteiger partial charge < -0.3 is 10.2 Å². The van der Waals surface area contributed by atoms with Crippen LogP contribution in [0, 0.1) is 0 Å². The molecule has 1 heterocycles. The highest BCUT2D eigenvalue weighted by Gasteiger charge is 2.44. The van der Waals surface area contributed by atoms with Crippen LogP contribution in [-0.2, 0) is 29.1 Å². The summed E-state index contributed by atoms with van der Waals surface area (Å²) in [5.41, 5.74) is -1.77. The van der Waals surface area contributed by atoms with Gasteiger partial charge in [0.25, 0.3) is 0 Å². The average Bonchev–Trinajstić information content (AvgIpc) is 3.00. The number of likely N-dealkylation sites (tertiary alicyclic amines) is 1. The predicted octanol–water partition coefficient (Wildman–Crippen LogP) is 8.10. The molecule has 1 aliphatic carbocycles. The fourth-order valence-corrected chi connectivity index (χ4v) is 6.66. The fraction of sp³-hybridized carbons (Fsp3) is 0.424. The lowest BCUT2D eigenvalue weighted by molar-refractivity contribution is -0.143. The van der Waals surface area contributed by atoms with Gasteiger partial charge in [0.15, 0.2) is 0 Å². The molecule has 1 saturated heterocycles. The zero-order chi connectivity index (χ0) is 30.0. The number of nitrogens with zero attached hydrogens (tertiary/aromatic N) is 1. The van der Waals surface area contributed by atoms with Crippen LogP contribution in [0.1, 0.15) is 72.3 Å². The van der Waals surface area contributed by atoms with E-state index >= 15 is 0 Å². The van der Waals surface area contributed by atoms with E-state index in [-0.39, 0.29) is 17.5 Å². The highest BCUT2D eigenvalue weighted by atomic mass is 19.4. The Morgan fingerprint density at radius 1 is 0.762 bits per heavy atom. The lowest BCUT2D eigenvalue weighted by atomic mass is 9.67. The molecule has 9 heteroatoms. The summed E-state index contributed by atoms with van der Waals surface area (Å²) in [6, 6.07) is 21.5. The van der Waals surface area contributed by atoms with Crippen LogP contribution in [0.3, 0.4) is 0 Å². The van der Waals surface area contributed by atoms with Crippen molar-refractivity contribution in [3.63, 3.8) is 0 Å².